The number of hydrogen-bond donors (Lipinski definition) is 0. The molecular formula is C20H22ClNO5S. The zero-order valence-electron chi connectivity index (χ0n) is 15.5. The average molecular weight is 424 g/mol. The van der Waals surface area contributed by atoms with Crippen molar-refractivity contribution in [1.82, 2.24) is 4.90 Å². The van der Waals surface area contributed by atoms with E-state index in [1.54, 1.807) is 36.3 Å². The van der Waals surface area contributed by atoms with E-state index in [2.05, 4.69) is 0 Å². The maximum Gasteiger partial charge on any atom is 0.261 e. The summed E-state index contributed by atoms with van der Waals surface area (Å²) in [5.74, 6) is 0.958. The quantitative estimate of drug-likeness (QED) is 0.684. The summed E-state index contributed by atoms with van der Waals surface area (Å²) < 4.78 is 34.7. The molecule has 0 bridgehead atoms. The lowest BCUT2D eigenvalue weighted by atomic mass is 10.1. The summed E-state index contributed by atoms with van der Waals surface area (Å²) in [4.78, 5) is 14.5. The van der Waals surface area contributed by atoms with Crippen LogP contribution >= 0.6 is 11.6 Å². The fourth-order valence-corrected chi connectivity index (χ4v) is 5.11. The molecule has 1 atom stereocenters. The number of sulfone groups is 1. The first kappa shape index (κ1) is 20.5. The highest BCUT2D eigenvalue weighted by Gasteiger charge is 2.34. The van der Waals surface area contributed by atoms with Crippen LogP contribution in [0.25, 0.3) is 0 Å². The van der Waals surface area contributed by atoms with Gasteiger partial charge < -0.3 is 14.4 Å². The van der Waals surface area contributed by atoms with Gasteiger partial charge in [-0.15, -0.1) is 0 Å². The summed E-state index contributed by atoms with van der Waals surface area (Å²) in [5.41, 5.74) is 0.861. The lowest BCUT2D eigenvalue weighted by Crippen LogP contribution is -2.43. The second-order valence-corrected chi connectivity index (χ2v) is 9.34. The van der Waals surface area contributed by atoms with Crippen molar-refractivity contribution in [2.45, 2.75) is 19.0 Å². The van der Waals surface area contributed by atoms with Crippen LogP contribution in [0.3, 0.4) is 0 Å². The SMILES string of the molecule is COc1cccc(CN(C(=O)COc2cccc(Cl)c2)C2CCS(=O)(=O)C2)c1. The highest BCUT2D eigenvalue weighted by molar-refractivity contribution is 7.91. The van der Waals surface area contributed by atoms with E-state index in [1.807, 2.05) is 24.3 Å². The first-order valence-corrected chi connectivity index (χ1v) is 11.1. The second kappa shape index (κ2) is 8.84. The molecule has 0 radical (unpaired) electrons. The zero-order valence-corrected chi connectivity index (χ0v) is 17.1. The molecule has 0 spiro atoms. The Morgan fingerprint density at radius 1 is 1.18 bits per heavy atom. The monoisotopic (exact) mass is 423 g/mol. The van der Waals surface area contributed by atoms with Gasteiger partial charge >= 0.3 is 0 Å². The molecule has 1 saturated heterocycles. The molecule has 8 heteroatoms. The highest BCUT2D eigenvalue weighted by Crippen LogP contribution is 2.23. The minimum atomic E-state index is -3.13. The van der Waals surface area contributed by atoms with E-state index < -0.39 is 9.84 Å². The molecule has 1 heterocycles. The van der Waals surface area contributed by atoms with Crippen molar-refractivity contribution >= 4 is 27.3 Å². The summed E-state index contributed by atoms with van der Waals surface area (Å²) in [6.07, 6.45) is 0.426. The van der Waals surface area contributed by atoms with Gasteiger partial charge in [0.2, 0.25) is 0 Å². The largest absolute Gasteiger partial charge is 0.497 e. The van der Waals surface area contributed by atoms with Crippen molar-refractivity contribution in [1.29, 1.82) is 0 Å². The number of nitrogens with zero attached hydrogens (tertiary/aromatic N) is 1. The topological polar surface area (TPSA) is 72.9 Å². The van der Waals surface area contributed by atoms with E-state index in [0.29, 0.717) is 22.9 Å². The molecule has 2 aromatic carbocycles. The van der Waals surface area contributed by atoms with E-state index in [4.69, 9.17) is 21.1 Å². The third kappa shape index (κ3) is 5.39. The van der Waals surface area contributed by atoms with Crippen LogP contribution in [0.15, 0.2) is 48.5 Å². The molecule has 2 aromatic rings. The number of amides is 1. The predicted octanol–water partition coefficient (Wildman–Crippen LogP) is 2.94. The predicted molar refractivity (Wildman–Crippen MR) is 108 cm³/mol. The van der Waals surface area contributed by atoms with Gasteiger partial charge in [0.05, 0.1) is 18.6 Å². The van der Waals surface area contributed by atoms with Gasteiger partial charge in [-0.1, -0.05) is 29.8 Å². The maximum atomic E-state index is 12.9. The van der Waals surface area contributed by atoms with E-state index in [-0.39, 0.29) is 36.6 Å². The first-order valence-electron chi connectivity index (χ1n) is 8.87. The summed E-state index contributed by atoms with van der Waals surface area (Å²) in [6, 6.07) is 13.8. The van der Waals surface area contributed by atoms with Crippen LogP contribution in [0, 0.1) is 0 Å². The Labute approximate surface area is 169 Å². The molecule has 1 fully saturated rings. The Bertz CT molecular complexity index is 947. The number of carbonyl (C=O) groups excluding carboxylic acids is 1. The van der Waals surface area contributed by atoms with Crippen molar-refractivity contribution < 1.29 is 22.7 Å². The van der Waals surface area contributed by atoms with Crippen LogP contribution in [0.4, 0.5) is 0 Å². The number of benzene rings is 2. The van der Waals surface area contributed by atoms with Crippen LogP contribution in [-0.4, -0.2) is 50.5 Å². The number of ether oxygens (including phenoxy) is 2. The molecular weight excluding hydrogens is 402 g/mol. The summed E-state index contributed by atoms with van der Waals surface area (Å²) in [6.45, 7) is 0.0932. The van der Waals surface area contributed by atoms with Crippen molar-refractivity contribution in [3.05, 3.63) is 59.1 Å². The number of carbonyl (C=O) groups is 1. The number of hydrogen-bond acceptors (Lipinski definition) is 5. The summed E-state index contributed by atoms with van der Waals surface area (Å²) in [5, 5.41) is 0.514. The lowest BCUT2D eigenvalue weighted by molar-refractivity contribution is -0.136. The van der Waals surface area contributed by atoms with E-state index in [9.17, 15) is 13.2 Å². The minimum Gasteiger partial charge on any atom is -0.497 e. The van der Waals surface area contributed by atoms with Crippen LogP contribution in [0.1, 0.15) is 12.0 Å². The van der Waals surface area contributed by atoms with Crippen LogP contribution < -0.4 is 9.47 Å². The minimum absolute atomic E-state index is 0.0279. The van der Waals surface area contributed by atoms with E-state index >= 15 is 0 Å². The number of rotatable bonds is 7. The normalized spacial score (nSPS) is 17.9. The fraction of sp³-hybridized carbons (Fsp3) is 0.350. The fourth-order valence-electron chi connectivity index (χ4n) is 3.19. The van der Waals surface area contributed by atoms with Gasteiger partial charge in [-0.25, -0.2) is 8.42 Å². The molecule has 0 saturated carbocycles. The van der Waals surface area contributed by atoms with Gasteiger partial charge in [0.25, 0.3) is 5.91 Å². The molecule has 1 amide bonds. The van der Waals surface area contributed by atoms with Crippen LogP contribution in [0.5, 0.6) is 11.5 Å². The van der Waals surface area contributed by atoms with Gasteiger partial charge in [-0.05, 0) is 42.3 Å². The number of methoxy groups -OCH3 is 1. The zero-order chi connectivity index (χ0) is 20.1. The molecule has 28 heavy (non-hydrogen) atoms. The van der Waals surface area contributed by atoms with E-state index in [1.165, 1.54) is 0 Å². The van der Waals surface area contributed by atoms with Gasteiger partial charge in [0.1, 0.15) is 11.5 Å². The Morgan fingerprint density at radius 2 is 1.93 bits per heavy atom. The molecule has 0 aromatic heterocycles. The smallest absolute Gasteiger partial charge is 0.261 e. The van der Waals surface area contributed by atoms with Gasteiger partial charge in [-0.3, -0.25) is 4.79 Å². The van der Waals surface area contributed by atoms with Crippen molar-refractivity contribution in [2.24, 2.45) is 0 Å². The van der Waals surface area contributed by atoms with Crippen molar-refractivity contribution in [3.63, 3.8) is 0 Å². The Kier molecular flexibility index (Phi) is 6.46. The third-order valence-corrected chi connectivity index (χ3v) is 6.60. The molecule has 0 N–H and O–H groups in total. The first-order chi connectivity index (χ1) is 13.4. The standard InChI is InChI=1S/C20H22ClNO5S/c1-26-18-6-2-4-15(10-18)12-22(17-8-9-28(24,25)14-17)20(23)13-27-19-7-3-5-16(21)11-19/h2-7,10-11,17H,8-9,12-14H2,1H3. The molecule has 0 aliphatic carbocycles. The molecule has 3 rings (SSSR count). The Hall–Kier alpha value is -2.25. The molecule has 150 valence electrons. The number of halogens is 1. The molecule has 1 aliphatic rings. The molecule has 1 unspecified atom stereocenters. The lowest BCUT2D eigenvalue weighted by Gasteiger charge is -2.28. The van der Waals surface area contributed by atoms with Crippen molar-refractivity contribution in [3.8, 4) is 11.5 Å². The highest BCUT2D eigenvalue weighted by atomic mass is 35.5. The second-order valence-electron chi connectivity index (χ2n) is 6.68. The Morgan fingerprint density at radius 3 is 2.61 bits per heavy atom. The summed E-state index contributed by atoms with van der Waals surface area (Å²) >= 11 is 5.94. The van der Waals surface area contributed by atoms with Crippen LogP contribution in [-0.2, 0) is 21.2 Å². The molecule has 6 nitrogen and oxygen atoms in total. The van der Waals surface area contributed by atoms with Gasteiger partial charge in [-0.2, -0.15) is 0 Å². The van der Waals surface area contributed by atoms with Crippen LogP contribution in [0.2, 0.25) is 5.02 Å². The maximum absolute atomic E-state index is 12.9. The average Bonchev–Trinajstić information content (AvgIpc) is 3.04. The van der Waals surface area contributed by atoms with Crippen molar-refractivity contribution in [2.75, 3.05) is 25.2 Å². The van der Waals surface area contributed by atoms with Gasteiger partial charge in [0.15, 0.2) is 16.4 Å². The Balaban J connectivity index is 1.75. The van der Waals surface area contributed by atoms with E-state index in [0.717, 1.165) is 5.56 Å². The third-order valence-electron chi connectivity index (χ3n) is 4.61. The van der Waals surface area contributed by atoms with Gasteiger partial charge in [0, 0.05) is 17.6 Å². The summed E-state index contributed by atoms with van der Waals surface area (Å²) in [7, 11) is -1.55. The molecule has 1 aliphatic heterocycles.